The van der Waals surface area contributed by atoms with Crippen molar-refractivity contribution in [2.24, 2.45) is 0 Å². The number of ether oxygens (including phenoxy) is 1. The van der Waals surface area contributed by atoms with E-state index in [-0.39, 0.29) is 0 Å². The van der Waals surface area contributed by atoms with Gasteiger partial charge in [-0.1, -0.05) is 18.2 Å². The predicted octanol–water partition coefficient (Wildman–Crippen LogP) is 4.29. The smallest absolute Gasteiger partial charge is 0.0616 e. The van der Waals surface area contributed by atoms with E-state index in [0.717, 1.165) is 13.2 Å². The summed E-state index contributed by atoms with van der Waals surface area (Å²) in [4.78, 5) is 1.43. The molecule has 0 fully saturated rings. The molecule has 2 nitrogen and oxygen atoms in total. The highest BCUT2D eigenvalue weighted by Crippen LogP contribution is 2.34. The summed E-state index contributed by atoms with van der Waals surface area (Å²) in [5.41, 5.74) is 1.41. The van der Waals surface area contributed by atoms with Crippen LogP contribution in [0.15, 0.2) is 24.3 Å². The Balaban J connectivity index is 2.12. The highest BCUT2D eigenvalue weighted by Gasteiger charge is 2.15. The van der Waals surface area contributed by atoms with Gasteiger partial charge < -0.3 is 10.1 Å². The molecule has 19 heavy (non-hydrogen) atoms. The standard InChI is InChI=1S/C16H23NOS/c1-5-18-10-11(2)17-13(4)16-12(3)14-8-6-7-9-15(14)19-16/h6-9,11,13,17H,5,10H2,1-4H3. The lowest BCUT2D eigenvalue weighted by atomic mass is 10.1. The summed E-state index contributed by atoms with van der Waals surface area (Å²) in [5, 5.41) is 5.00. The molecule has 2 aromatic rings. The second-order valence-corrected chi connectivity index (χ2v) is 6.12. The average molecular weight is 277 g/mol. The fourth-order valence-corrected chi connectivity index (χ4v) is 3.67. The maximum Gasteiger partial charge on any atom is 0.0616 e. The van der Waals surface area contributed by atoms with Crippen LogP contribution in [0.4, 0.5) is 0 Å². The zero-order chi connectivity index (χ0) is 13.8. The van der Waals surface area contributed by atoms with E-state index in [1.165, 1.54) is 20.5 Å². The lowest BCUT2D eigenvalue weighted by molar-refractivity contribution is 0.124. The SMILES string of the molecule is CCOCC(C)NC(C)c1sc2ccccc2c1C. The largest absolute Gasteiger partial charge is 0.380 e. The lowest BCUT2D eigenvalue weighted by Gasteiger charge is -2.19. The van der Waals surface area contributed by atoms with Crippen molar-refractivity contribution >= 4 is 21.4 Å². The van der Waals surface area contributed by atoms with Crippen LogP contribution >= 0.6 is 11.3 Å². The van der Waals surface area contributed by atoms with Crippen molar-refractivity contribution < 1.29 is 4.74 Å². The number of rotatable bonds is 6. The van der Waals surface area contributed by atoms with Gasteiger partial charge in [-0.05, 0) is 44.7 Å². The number of nitrogens with one attached hydrogen (secondary N) is 1. The normalized spacial score (nSPS) is 14.7. The van der Waals surface area contributed by atoms with Gasteiger partial charge in [-0.15, -0.1) is 11.3 Å². The summed E-state index contributed by atoms with van der Waals surface area (Å²) in [6.45, 7) is 10.2. The zero-order valence-corrected chi connectivity index (χ0v) is 13.0. The van der Waals surface area contributed by atoms with E-state index in [1.807, 2.05) is 18.3 Å². The second kappa shape index (κ2) is 6.51. The van der Waals surface area contributed by atoms with Gasteiger partial charge in [0.2, 0.25) is 0 Å². The molecule has 1 heterocycles. The summed E-state index contributed by atoms with van der Waals surface area (Å²) in [7, 11) is 0. The van der Waals surface area contributed by atoms with Crippen LogP contribution in [0, 0.1) is 6.92 Å². The van der Waals surface area contributed by atoms with Crippen LogP contribution in [0.3, 0.4) is 0 Å². The fourth-order valence-electron chi connectivity index (χ4n) is 2.45. The molecule has 104 valence electrons. The number of fused-ring (bicyclic) bond motifs is 1. The van der Waals surface area contributed by atoms with Crippen molar-refractivity contribution in [3.63, 3.8) is 0 Å². The molecule has 0 spiro atoms. The minimum absolute atomic E-state index is 0.368. The Bertz CT molecular complexity index is 535. The van der Waals surface area contributed by atoms with E-state index >= 15 is 0 Å². The highest BCUT2D eigenvalue weighted by atomic mass is 32.1. The average Bonchev–Trinajstić information content (AvgIpc) is 2.74. The minimum atomic E-state index is 0.368. The summed E-state index contributed by atoms with van der Waals surface area (Å²) >= 11 is 1.89. The minimum Gasteiger partial charge on any atom is -0.380 e. The van der Waals surface area contributed by atoms with Gasteiger partial charge in [0.05, 0.1) is 6.61 Å². The molecule has 0 radical (unpaired) electrons. The number of hydrogen-bond donors (Lipinski definition) is 1. The second-order valence-electron chi connectivity index (χ2n) is 5.04. The first-order chi connectivity index (χ1) is 9.13. The molecule has 0 aliphatic rings. The van der Waals surface area contributed by atoms with Crippen molar-refractivity contribution in [3.8, 4) is 0 Å². The predicted molar refractivity (Wildman–Crippen MR) is 84.1 cm³/mol. The first-order valence-corrected chi connectivity index (χ1v) is 7.77. The van der Waals surface area contributed by atoms with Crippen LogP contribution in [-0.4, -0.2) is 19.3 Å². The molecule has 3 heteroatoms. The van der Waals surface area contributed by atoms with E-state index in [0.29, 0.717) is 12.1 Å². The van der Waals surface area contributed by atoms with Crippen LogP contribution in [-0.2, 0) is 4.74 Å². The molecule has 2 unspecified atom stereocenters. The Morgan fingerprint density at radius 2 is 2.00 bits per heavy atom. The van der Waals surface area contributed by atoms with Crippen molar-refractivity contribution in [1.29, 1.82) is 0 Å². The summed E-state index contributed by atoms with van der Waals surface area (Å²) in [5.74, 6) is 0. The molecule has 0 aliphatic heterocycles. The molecule has 1 aromatic heterocycles. The molecular formula is C16H23NOS. The molecule has 1 aromatic carbocycles. The number of benzene rings is 1. The van der Waals surface area contributed by atoms with E-state index in [9.17, 15) is 0 Å². The monoisotopic (exact) mass is 277 g/mol. The first kappa shape index (κ1) is 14.5. The van der Waals surface area contributed by atoms with Gasteiger partial charge in [0.25, 0.3) is 0 Å². The molecule has 0 aliphatic carbocycles. The topological polar surface area (TPSA) is 21.3 Å². The van der Waals surface area contributed by atoms with Crippen molar-refractivity contribution in [3.05, 3.63) is 34.7 Å². The van der Waals surface area contributed by atoms with Crippen LogP contribution in [0.1, 0.15) is 37.3 Å². The van der Waals surface area contributed by atoms with Crippen LogP contribution in [0.2, 0.25) is 0 Å². The Morgan fingerprint density at radius 1 is 1.26 bits per heavy atom. The van der Waals surface area contributed by atoms with Gasteiger partial charge in [0.15, 0.2) is 0 Å². The van der Waals surface area contributed by atoms with E-state index in [4.69, 9.17) is 4.74 Å². The summed E-state index contributed by atoms with van der Waals surface area (Å²) in [6.07, 6.45) is 0. The number of aryl methyl sites for hydroxylation is 1. The van der Waals surface area contributed by atoms with Crippen LogP contribution in [0.5, 0.6) is 0 Å². The number of hydrogen-bond acceptors (Lipinski definition) is 3. The van der Waals surface area contributed by atoms with Gasteiger partial charge in [0, 0.05) is 28.3 Å². The van der Waals surface area contributed by atoms with Crippen LogP contribution in [0.25, 0.3) is 10.1 Å². The summed E-state index contributed by atoms with van der Waals surface area (Å²) < 4.78 is 6.84. The van der Waals surface area contributed by atoms with Gasteiger partial charge in [-0.25, -0.2) is 0 Å². The Kier molecular flexibility index (Phi) is 4.97. The number of thiophene rings is 1. The molecule has 0 bridgehead atoms. The molecule has 2 atom stereocenters. The van der Waals surface area contributed by atoms with Gasteiger partial charge in [-0.2, -0.15) is 0 Å². The van der Waals surface area contributed by atoms with E-state index in [2.05, 4.69) is 50.4 Å². The quantitative estimate of drug-likeness (QED) is 0.850. The molecule has 0 saturated carbocycles. The van der Waals surface area contributed by atoms with Gasteiger partial charge >= 0.3 is 0 Å². The fraction of sp³-hybridized carbons (Fsp3) is 0.500. The molecule has 2 rings (SSSR count). The Hall–Kier alpha value is -0.900. The Labute approximate surface area is 119 Å². The molecular weight excluding hydrogens is 254 g/mol. The van der Waals surface area contributed by atoms with Gasteiger partial charge in [0.1, 0.15) is 0 Å². The summed E-state index contributed by atoms with van der Waals surface area (Å²) in [6, 6.07) is 9.38. The third-order valence-electron chi connectivity index (χ3n) is 3.38. The van der Waals surface area contributed by atoms with Crippen LogP contribution < -0.4 is 5.32 Å². The maximum absolute atomic E-state index is 5.46. The first-order valence-electron chi connectivity index (χ1n) is 6.95. The molecule has 0 saturated heterocycles. The third kappa shape index (κ3) is 3.35. The zero-order valence-electron chi connectivity index (χ0n) is 12.2. The van der Waals surface area contributed by atoms with Crippen molar-refractivity contribution in [2.75, 3.05) is 13.2 Å². The van der Waals surface area contributed by atoms with Gasteiger partial charge in [-0.3, -0.25) is 0 Å². The van der Waals surface area contributed by atoms with Crippen molar-refractivity contribution in [2.45, 2.75) is 39.8 Å². The van der Waals surface area contributed by atoms with Crippen molar-refractivity contribution in [1.82, 2.24) is 5.32 Å². The van der Waals surface area contributed by atoms with E-state index in [1.54, 1.807) is 0 Å². The third-order valence-corrected chi connectivity index (χ3v) is 4.84. The Morgan fingerprint density at radius 3 is 2.68 bits per heavy atom. The van der Waals surface area contributed by atoms with E-state index < -0.39 is 0 Å². The molecule has 1 N–H and O–H groups in total. The lowest BCUT2D eigenvalue weighted by Crippen LogP contribution is -2.32. The molecule has 0 amide bonds. The maximum atomic E-state index is 5.46. The highest BCUT2D eigenvalue weighted by molar-refractivity contribution is 7.19.